The Morgan fingerprint density at radius 2 is 0.647 bits per heavy atom. The molecule has 0 radical (unpaired) electrons. The lowest BCUT2D eigenvalue weighted by atomic mass is 9.95. The first-order valence-corrected chi connectivity index (χ1v) is 17.0. The molecule has 0 fully saturated rings. The molecule has 0 unspecified atom stereocenters. The van der Waals surface area contributed by atoms with Gasteiger partial charge in [0.1, 0.15) is 11.4 Å². The van der Waals surface area contributed by atoms with Crippen LogP contribution in [-0.2, 0) is 0 Å². The van der Waals surface area contributed by atoms with Gasteiger partial charge in [0.05, 0.1) is 47.6 Å². The number of hydrogen-bond acceptors (Lipinski definition) is 4. The average molecular weight is 652 g/mol. The number of benzene rings is 7. The smallest absolute Gasteiger partial charge is 0.105 e. The second-order valence-electron chi connectivity index (χ2n) is 12.7. The highest BCUT2D eigenvalue weighted by Crippen LogP contribution is 2.38. The zero-order valence-corrected chi connectivity index (χ0v) is 27.5. The molecule has 5 nitrogen and oxygen atoms in total. The minimum absolute atomic E-state index is 0.769. The number of rotatable bonds is 5. The van der Waals surface area contributed by atoms with Gasteiger partial charge < -0.3 is 4.57 Å². The molecule has 0 N–H and O–H groups in total. The highest BCUT2D eigenvalue weighted by atomic mass is 15.0. The Hall–Kier alpha value is -6.98. The van der Waals surface area contributed by atoms with E-state index in [0.717, 1.165) is 72.5 Å². The molecule has 0 amide bonds. The molecule has 0 saturated carbocycles. The first-order chi connectivity index (χ1) is 25.3. The van der Waals surface area contributed by atoms with E-state index in [1.165, 1.54) is 21.5 Å². The van der Waals surface area contributed by atoms with E-state index < -0.39 is 0 Å². The van der Waals surface area contributed by atoms with Gasteiger partial charge in [0.25, 0.3) is 0 Å². The minimum atomic E-state index is 0.769. The Balaban J connectivity index is 1.09. The summed E-state index contributed by atoms with van der Waals surface area (Å²) in [5.74, 6) is 0. The molecule has 0 aliphatic heterocycles. The lowest BCUT2D eigenvalue weighted by Crippen LogP contribution is -2.02. The van der Waals surface area contributed by atoms with Crippen molar-refractivity contribution >= 4 is 43.1 Å². The first-order valence-electron chi connectivity index (χ1n) is 17.0. The van der Waals surface area contributed by atoms with Crippen molar-refractivity contribution in [2.45, 2.75) is 0 Å². The van der Waals surface area contributed by atoms with Crippen LogP contribution >= 0.6 is 0 Å². The minimum Gasteiger partial charge on any atom is -0.306 e. The van der Waals surface area contributed by atoms with Crippen molar-refractivity contribution in [2.24, 2.45) is 0 Å². The van der Waals surface area contributed by atoms with E-state index in [1.54, 1.807) is 0 Å². The lowest BCUT2D eigenvalue weighted by molar-refractivity contribution is 1.05. The summed E-state index contributed by atoms with van der Waals surface area (Å²) in [4.78, 5) is 20.1. The van der Waals surface area contributed by atoms with Gasteiger partial charge in [-0.3, -0.25) is 19.9 Å². The van der Waals surface area contributed by atoms with E-state index in [2.05, 4.69) is 138 Å². The molecule has 10 aromatic rings. The molecule has 0 atom stereocenters. The molecule has 0 aliphatic carbocycles. The van der Waals surface area contributed by atoms with E-state index in [-0.39, 0.29) is 0 Å². The third kappa shape index (κ3) is 4.86. The fraction of sp³-hybridized carbons (Fsp3) is 0. The van der Waals surface area contributed by atoms with Gasteiger partial charge in [-0.25, -0.2) is 0 Å². The van der Waals surface area contributed by atoms with Crippen molar-refractivity contribution in [3.8, 4) is 51.0 Å². The fourth-order valence-electron chi connectivity index (χ4n) is 7.45. The van der Waals surface area contributed by atoms with Crippen LogP contribution in [0.15, 0.2) is 176 Å². The molecule has 3 aromatic heterocycles. The summed E-state index contributed by atoms with van der Waals surface area (Å²) in [5, 5.41) is 9.36. The SMILES string of the molecule is c1ccc(-n2c(-c3cnc(-c4c5ccccc5cc5ccccc45)cn3)ccc2-c2cnc(-c3c4ccccc4cc4ccccc34)cn2)cc1. The monoisotopic (exact) mass is 651 g/mol. The molecule has 5 heteroatoms. The third-order valence-electron chi connectivity index (χ3n) is 9.78. The molecular formula is C46H29N5. The maximum Gasteiger partial charge on any atom is 0.105 e. The van der Waals surface area contributed by atoms with Gasteiger partial charge in [0.15, 0.2) is 0 Å². The van der Waals surface area contributed by atoms with Gasteiger partial charge in [-0.2, -0.15) is 0 Å². The van der Waals surface area contributed by atoms with Gasteiger partial charge in [-0.1, -0.05) is 115 Å². The number of nitrogens with zero attached hydrogens (tertiary/aromatic N) is 5. The van der Waals surface area contributed by atoms with Crippen LogP contribution in [0.4, 0.5) is 0 Å². The van der Waals surface area contributed by atoms with Crippen LogP contribution in [0.5, 0.6) is 0 Å². The maximum atomic E-state index is 5.03. The Labute approximate surface area is 294 Å². The Morgan fingerprint density at radius 1 is 0.314 bits per heavy atom. The number of hydrogen-bond donors (Lipinski definition) is 0. The second-order valence-corrected chi connectivity index (χ2v) is 12.7. The molecule has 51 heavy (non-hydrogen) atoms. The highest BCUT2D eigenvalue weighted by molar-refractivity contribution is 6.13. The van der Waals surface area contributed by atoms with Crippen molar-refractivity contribution in [1.82, 2.24) is 24.5 Å². The van der Waals surface area contributed by atoms with Crippen molar-refractivity contribution in [2.75, 3.05) is 0 Å². The fourth-order valence-corrected chi connectivity index (χ4v) is 7.45. The third-order valence-corrected chi connectivity index (χ3v) is 9.78. The quantitative estimate of drug-likeness (QED) is 0.174. The number of para-hydroxylation sites is 1. The summed E-state index contributed by atoms with van der Waals surface area (Å²) in [6, 6.07) is 52.9. The topological polar surface area (TPSA) is 56.5 Å². The molecule has 0 aliphatic rings. The summed E-state index contributed by atoms with van der Waals surface area (Å²) < 4.78 is 2.19. The van der Waals surface area contributed by atoms with E-state index in [0.29, 0.717) is 0 Å². The summed E-state index contributed by atoms with van der Waals surface area (Å²) in [6.07, 6.45) is 7.55. The summed E-state index contributed by atoms with van der Waals surface area (Å²) in [6.45, 7) is 0. The summed E-state index contributed by atoms with van der Waals surface area (Å²) in [5.41, 5.74) is 8.25. The highest BCUT2D eigenvalue weighted by Gasteiger charge is 2.19. The number of aromatic nitrogens is 5. The predicted molar refractivity (Wildman–Crippen MR) is 209 cm³/mol. The number of fused-ring (bicyclic) bond motifs is 4. The molecular weight excluding hydrogens is 623 g/mol. The van der Waals surface area contributed by atoms with Gasteiger partial charge in [0.2, 0.25) is 0 Å². The largest absolute Gasteiger partial charge is 0.306 e. The standard InChI is InChI=1S/C46H29N5/c1-2-16-34(17-3-1)51-43(39-26-49-41(28-47-39)45-35-18-8-4-12-30(35)24-31-13-5-9-19-36(31)45)22-23-44(51)40-27-50-42(29-48-40)46-37-20-10-6-14-32(37)25-33-15-7-11-21-38(33)46/h1-29H. The Morgan fingerprint density at radius 3 is 1.02 bits per heavy atom. The van der Waals surface area contributed by atoms with E-state index in [9.17, 15) is 0 Å². The van der Waals surface area contributed by atoms with Crippen LogP contribution < -0.4 is 0 Å². The maximum absolute atomic E-state index is 5.03. The molecule has 7 aromatic carbocycles. The van der Waals surface area contributed by atoms with Crippen molar-refractivity contribution in [3.63, 3.8) is 0 Å². The Kier molecular flexibility index (Phi) is 6.74. The molecule has 0 bridgehead atoms. The zero-order valence-electron chi connectivity index (χ0n) is 27.5. The molecule has 238 valence electrons. The first kappa shape index (κ1) is 29.0. The van der Waals surface area contributed by atoms with Crippen molar-refractivity contribution in [1.29, 1.82) is 0 Å². The molecule has 0 saturated heterocycles. The van der Waals surface area contributed by atoms with Gasteiger partial charge >= 0.3 is 0 Å². The van der Waals surface area contributed by atoms with Crippen LogP contribution in [-0.4, -0.2) is 24.5 Å². The lowest BCUT2D eigenvalue weighted by Gasteiger charge is -2.15. The van der Waals surface area contributed by atoms with Crippen LogP contribution in [0.1, 0.15) is 0 Å². The zero-order chi connectivity index (χ0) is 33.7. The van der Waals surface area contributed by atoms with Crippen LogP contribution in [0, 0.1) is 0 Å². The summed E-state index contributed by atoms with van der Waals surface area (Å²) in [7, 11) is 0. The van der Waals surface area contributed by atoms with E-state index >= 15 is 0 Å². The predicted octanol–water partition coefficient (Wildman–Crippen LogP) is 11.3. The van der Waals surface area contributed by atoms with Crippen molar-refractivity contribution < 1.29 is 0 Å². The second kappa shape index (κ2) is 11.9. The van der Waals surface area contributed by atoms with Crippen LogP contribution in [0.2, 0.25) is 0 Å². The average Bonchev–Trinajstić information content (AvgIpc) is 3.65. The van der Waals surface area contributed by atoms with Gasteiger partial charge in [-0.05, 0) is 79.5 Å². The molecule has 3 heterocycles. The van der Waals surface area contributed by atoms with Gasteiger partial charge in [0, 0.05) is 16.8 Å². The van der Waals surface area contributed by atoms with E-state index in [4.69, 9.17) is 19.9 Å². The van der Waals surface area contributed by atoms with Crippen molar-refractivity contribution in [3.05, 3.63) is 176 Å². The normalized spacial score (nSPS) is 11.5. The molecule has 0 spiro atoms. The molecule has 10 rings (SSSR count). The van der Waals surface area contributed by atoms with Crippen LogP contribution in [0.3, 0.4) is 0 Å². The Bertz CT molecular complexity index is 2600. The van der Waals surface area contributed by atoms with Crippen LogP contribution in [0.25, 0.3) is 94.1 Å². The van der Waals surface area contributed by atoms with Gasteiger partial charge in [-0.15, -0.1) is 0 Å². The summed E-state index contributed by atoms with van der Waals surface area (Å²) >= 11 is 0. The van der Waals surface area contributed by atoms with E-state index in [1.807, 2.05) is 43.0 Å².